The lowest BCUT2D eigenvalue weighted by molar-refractivity contribution is -0.275. The smallest absolute Gasteiger partial charge is 0.416 e. The molecule has 0 bridgehead atoms. The maximum Gasteiger partial charge on any atom is 0.425 e. The first-order valence-electron chi connectivity index (χ1n) is 16.7. The maximum atomic E-state index is 12.1. The molecule has 0 aromatic carbocycles. The van der Waals surface area contributed by atoms with Gasteiger partial charge in [-0.2, -0.15) is 18.1 Å². The second-order valence-electron chi connectivity index (χ2n) is 11.5. The van der Waals surface area contributed by atoms with E-state index in [1.807, 2.05) is 0 Å². The summed E-state index contributed by atoms with van der Waals surface area (Å²) in [4.78, 5) is 38.7. The zero-order valence-electron chi connectivity index (χ0n) is 29.9. The number of H-pyrrole nitrogens is 1. The molecule has 294 valence electrons. The number of nitrogen functional groups attached to an aromatic ring is 1. The second-order valence-corrected chi connectivity index (χ2v) is 12.8. The van der Waals surface area contributed by atoms with Crippen molar-refractivity contribution < 1.29 is 57.1 Å². The van der Waals surface area contributed by atoms with Gasteiger partial charge in [0.2, 0.25) is 12.2 Å². The lowest BCUT2D eigenvalue weighted by Gasteiger charge is -2.38. The molecular formula is C29H54N8O13S. The predicted octanol–water partition coefficient (Wildman–Crippen LogP) is -2.17. The number of nitrogens with zero attached hydrogens (tertiary/aromatic N) is 5. The number of nitrogens with two attached hydrogens (primary N) is 1. The number of nitrogens with one attached hydrogen (secondary N) is 2. The molecule has 2 aromatic rings. The molecule has 2 fully saturated rings. The van der Waals surface area contributed by atoms with Crippen LogP contribution in [0.1, 0.15) is 54.7 Å². The molecular weight excluding hydrogens is 700 g/mol. The van der Waals surface area contributed by atoms with E-state index in [2.05, 4.69) is 75.2 Å². The molecule has 2 aliphatic rings. The van der Waals surface area contributed by atoms with Crippen molar-refractivity contribution >= 4 is 33.5 Å². The van der Waals surface area contributed by atoms with Crippen molar-refractivity contribution in [2.24, 2.45) is 0 Å². The Labute approximate surface area is 296 Å². The average Bonchev–Trinajstić information content (AvgIpc) is 3.63. The Morgan fingerprint density at radius 1 is 0.922 bits per heavy atom. The standard InChI is InChI=1S/C17H24N6O13S.2C6H15N/c1-4-7(24)9(26)11(28)15(34-4)36-17(30)22-37(31,32)33-2-5-8(25)10(27)14(35-5)23-3-19-6-12(23)20-16(18)21-13(6)29;2*1-4-7(5-2)6-3/h3-5,7-11,14-15,24-28H,2H2,1H3,(H,22,30)(H3,18,20,21,29);2*4-6H2,1-3H3/t4-,5+,7+,8+,9+,10+,11-,14+,15?;;/m0../s1. The molecule has 4 rings (SSSR count). The normalized spacial score (nSPS) is 27.8. The molecule has 0 radical (unpaired) electrons. The Hall–Kier alpha value is -3.03. The van der Waals surface area contributed by atoms with Gasteiger partial charge in [0.25, 0.3) is 5.56 Å². The first kappa shape index (κ1) is 44.1. The van der Waals surface area contributed by atoms with Crippen LogP contribution >= 0.6 is 0 Å². The number of aromatic nitrogens is 4. The Kier molecular flexibility index (Phi) is 17.5. The summed E-state index contributed by atoms with van der Waals surface area (Å²) in [6.45, 7) is 20.7. The van der Waals surface area contributed by atoms with Crippen molar-refractivity contribution in [2.45, 2.75) is 104 Å². The summed E-state index contributed by atoms with van der Waals surface area (Å²) in [6, 6.07) is 0. The predicted molar refractivity (Wildman–Crippen MR) is 182 cm³/mol. The number of hydrogen-bond acceptors (Lipinski definition) is 18. The van der Waals surface area contributed by atoms with E-state index in [9.17, 15) is 43.5 Å². The highest BCUT2D eigenvalue weighted by Gasteiger charge is 2.46. The number of fused-ring (bicyclic) bond motifs is 1. The summed E-state index contributed by atoms with van der Waals surface area (Å²) in [5.41, 5.74) is 4.66. The van der Waals surface area contributed by atoms with Crippen LogP contribution in [0.2, 0.25) is 0 Å². The van der Waals surface area contributed by atoms with Gasteiger partial charge in [-0.05, 0) is 46.2 Å². The van der Waals surface area contributed by atoms with Gasteiger partial charge in [0, 0.05) is 0 Å². The molecule has 2 aromatic heterocycles. The summed E-state index contributed by atoms with van der Waals surface area (Å²) in [5.74, 6) is -0.248. The van der Waals surface area contributed by atoms with Gasteiger partial charge in [-0.3, -0.25) is 18.5 Å². The summed E-state index contributed by atoms with van der Waals surface area (Å²) < 4.78 is 46.5. The van der Waals surface area contributed by atoms with Gasteiger partial charge in [-0.15, -0.1) is 0 Å². The molecule has 22 heteroatoms. The minimum atomic E-state index is -4.87. The molecule has 9 N–H and O–H groups in total. The van der Waals surface area contributed by atoms with E-state index in [0.717, 1.165) is 10.9 Å². The van der Waals surface area contributed by atoms with Crippen LogP contribution < -0.4 is 16.0 Å². The molecule has 0 saturated carbocycles. The fraction of sp³-hybridized carbons (Fsp3) is 0.793. The second kappa shape index (κ2) is 20.3. The van der Waals surface area contributed by atoms with Crippen LogP contribution in [0.15, 0.2) is 11.1 Å². The van der Waals surface area contributed by atoms with Crippen LogP contribution in [0.25, 0.3) is 11.2 Å². The van der Waals surface area contributed by atoms with Crippen LogP contribution in [0.3, 0.4) is 0 Å². The van der Waals surface area contributed by atoms with E-state index in [0.29, 0.717) is 0 Å². The van der Waals surface area contributed by atoms with Gasteiger partial charge in [0.15, 0.2) is 17.4 Å². The van der Waals surface area contributed by atoms with Crippen molar-refractivity contribution in [3.63, 3.8) is 0 Å². The minimum absolute atomic E-state index is 0.0739. The van der Waals surface area contributed by atoms with Gasteiger partial charge < -0.3 is 55.3 Å². The number of carbonyl (C=O) groups is 1. The van der Waals surface area contributed by atoms with Gasteiger partial charge in [0.05, 0.1) is 19.0 Å². The van der Waals surface area contributed by atoms with Gasteiger partial charge >= 0.3 is 16.4 Å². The number of anilines is 1. The number of ether oxygens (including phenoxy) is 3. The summed E-state index contributed by atoms with van der Waals surface area (Å²) in [7, 11) is -4.87. The number of aromatic amines is 1. The van der Waals surface area contributed by atoms with E-state index < -0.39 is 83.8 Å². The van der Waals surface area contributed by atoms with Crippen molar-refractivity contribution in [1.82, 2.24) is 34.0 Å². The highest BCUT2D eigenvalue weighted by atomic mass is 32.2. The fourth-order valence-electron chi connectivity index (χ4n) is 5.10. The van der Waals surface area contributed by atoms with E-state index in [4.69, 9.17) is 15.2 Å². The maximum absolute atomic E-state index is 12.1. The van der Waals surface area contributed by atoms with Crippen LogP contribution in [-0.2, 0) is 28.7 Å². The molecule has 9 atom stereocenters. The zero-order valence-corrected chi connectivity index (χ0v) is 30.8. The van der Waals surface area contributed by atoms with E-state index >= 15 is 0 Å². The topological polar surface area (TPSA) is 297 Å². The largest absolute Gasteiger partial charge is 0.425 e. The van der Waals surface area contributed by atoms with E-state index in [1.165, 1.54) is 50.9 Å². The average molecular weight is 755 g/mol. The van der Waals surface area contributed by atoms with Gasteiger partial charge in [-0.1, -0.05) is 41.5 Å². The monoisotopic (exact) mass is 754 g/mol. The first-order valence-corrected chi connectivity index (χ1v) is 18.1. The lowest BCUT2D eigenvalue weighted by Crippen LogP contribution is -2.58. The summed E-state index contributed by atoms with van der Waals surface area (Å²) >= 11 is 0. The zero-order chi connectivity index (χ0) is 38.6. The molecule has 21 nitrogen and oxygen atoms in total. The number of aliphatic hydroxyl groups excluding tert-OH is 5. The summed E-state index contributed by atoms with van der Waals surface area (Å²) in [5, 5.41) is 49.9. The SMILES string of the molecule is CCN(CC)CC.CCN(CC)CC.C[C@@H]1OC(OC(=O)NS(=O)(=O)OC[C@H]2O[C@@H](n3cnc4c(=O)[nH]c(N)nc43)[C@H](O)[C@@H]2O)[C@@H](O)[C@H](O)[C@@H]1O. The number of amides is 1. The third kappa shape index (κ3) is 12.0. The van der Waals surface area contributed by atoms with Crippen molar-refractivity contribution in [1.29, 1.82) is 0 Å². The third-order valence-corrected chi connectivity index (χ3v) is 9.24. The number of aliphatic hydroxyl groups is 5. The fourth-order valence-corrected chi connectivity index (χ4v) is 5.72. The molecule has 0 aliphatic carbocycles. The number of rotatable bonds is 12. The lowest BCUT2D eigenvalue weighted by atomic mass is 10.0. The Balaban J connectivity index is 0.000000543. The highest BCUT2D eigenvalue weighted by Crippen LogP contribution is 2.31. The summed E-state index contributed by atoms with van der Waals surface area (Å²) in [6.07, 6.45) is -14.6. The van der Waals surface area contributed by atoms with Crippen molar-refractivity contribution in [3.05, 3.63) is 16.7 Å². The first-order chi connectivity index (χ1) is 24.0. The molecule has 4 heterocycles. The van der Waals surface area contributed by atoms with Crippen LogP contribution in [0.4, 0.5) is 10.7 Å². The number of imidazole rings is 1. The quantitative estimate of drug-likeness (QED) is 0.114. The molecule has 1 unspecified atom stereocenters. The van der Waals surface area contributed by atoms with Crippen molar-refractivity contribution in [2.75, 3.05) is 51.6 Å². The molecule has 2 saturated heterocycles. The minimum Gasteiger partial charge on any atom is -0.416 e. The van der Waals surface area contributed by atoms with Crippen LogP contribution in [0, 0.1) is 0 Å². The molecule has 1 amide bonds. The number of hydrogen-bond donors (Lipinski definition) is 8. The Morgan fingerprint density at radius 3 is 1.98 bits per heavy atom. The van der Waals surface area contributed by atoms with Crippen LogP contribution in [0.5, 0.6) is 0 Å². The molecule has 0 spiro atoms. The molecule has 2 aliphatic heterocycles. The van der Waals surface area contributed by atoms with Gasteiger partial charge in [-0.25, -0.2) is 9.78 Å². The van der Waals surface area contributed by atoms with E-state index in [-0.39, 0.29) is 17.1 Å². The van der Waals surface area contributed by atoms with Crippen LogP contribution in [-0.4, -0.2) is 164 Å². The highest BCUT2D eigenvalue weighted by molar-refractivity contribution is 7.85. The third-order valence-electron chi connectivity index (χ3n) is 8.37. The Bertz CT molecular complexity index is 1500. The van der Waals surface area contributed by atoms with Gasteiger partial charge in [0.1, 0.15) is 36.6 Å². The Morgan fingerprint density at radius 2 is 1.47 bits per heavy atom. The van der Waals surface area contributed by atoms with Crippen molar-refractivity contribution in [3.8, 4) is 0 Å². The molecule has 51 heavy (non-hydrogen) atoms. The number of carbonyl (C=O) groups excluding carboxylic acids is 1. The van der Waals surface area contributed by atoms with E-state index in [1.54, 1.807) is 0 Å².